The van der Waals surface area contributed by atoms with Crippen LogP contribution in [0.15, 0.2) is 24.3 Å². The van der Waals surface area contributed by atoms with Crippen LogP contribution in [-0.4, -0.2) is 6.61 Å². The van der Waals surface area contributed by atoms with Crippen molar-refractivity contribution in [2.45, 2.75) is 31.3 Å². The number of hydrogen-bond acceptors (Lipinski definition) is 1. The Kier molecular flexibility index (Phi) is 1.37. The minimum atomic E-state index is 0.0437. The summed E-state index contributed by atoms with van der Waals surface area (Å²) < 4.78 is 5.40. The van der Waals surface area contributed by atoms with Crippen molar-refractivity contribution < 1.29 is 4.74 Å². The Hall–Kier alpha value is -0.820. The van der Waals surface area contributed by atoms with Gasteiger partial charge in [-0.2, -0.15) is 0 Å². The first kappa shape index (κ1) is 7.57. The smallest absolute Gasteiger partial charge is 0.114 e. The van der Waals surface area contributed by atoms with Crippen LogP contribution < -0.4 is 0 Å². The molecule has 0 amide bonds. The molecule has 1 saturated heterocycles. The molecule has 1 saturated carbocycles. The quantitative estimate of drug-likeness (QED) is 0.628. The second-order valence-corrected chi connectivity index (χ2v) is 4.42. The van der Waals surface area contributed by atoms with Crippen molar-refractivity contribution in [3.05, 3.63) is 35.4 Å². The third kappa shape index (κ3) is 1.28. The van der Waals surface area contributed by atoms with Crippen molar-refractivity contribution in [2.24, 2.45) is 0 Å². The summed E-state index contributed by atoms with van der Waals surface area (Å²) >= 11 is 0. The highest BCUT2D eigenvalue weighted by Gasteiger charge is 2.41. The molecule has 0 spiro atoms. The average Bonchev–Trinajstić information content (AvgIpc) is 2.98. The molecule has 1 aliphatic heterocycles. The third-order valence-electron chi connectivity index (χ3n) is 3.15. The van der Waals surface area contributed by atoms with Gasteiger partial charge in [0.1, 0.15) is 5.60 Å². The zero-order valence-electron chi connectivity index (χ0n) is 7.92. The highest BCUT2D eigenvalue weighted by molar-refractivity contribution is 5.32. The zero-order valence-corrected chi connectivity index (χ0v) is 7.92. The van der Waals surface area contributed by atoms with Crippen LogP contribution in [0.5, 0.6) is 0 Å². The van der Waals surface area contributed by atoms with E-state index in [4.69, 9.17) is 4.74 Å². The lowest BCUT2D eigenvalue weighted by Gasteiger charge is -2.06. The van der Waals surface area contributed by atoms with Gasteiger partial charge in [0, 0.05) is 0 Å². The van der Waals surface area contributed by atoms with Gasteiger partial charge in [-0.1, -0.05) is 24.3 Å². The van der Waals surface area contributed by atoms with Crippen LogP contribution >= 0.6 is 0 Å². The third-order valence-corrected chi connectivity index (χ3v) is 3.15. The molecule has 1 aliphatic carbocycles. The van der Waals surface area contributed by atoms with E-state index in [0.29, 0.717) is 0 Å². The van der Waals surface area contributed by atoms with Crippen molar-refractivity contribution in [1.29, 1.82) is 0 Å². The molecule has 3 rings (SSSR count). The predicted molar refractivity (Wildman–Crippen MR) is 51.7 cm³/mol. The molecule has 1 heteroatoms. The van der Waals surface area contributed by atoms with Crippen LogP contribution in [0.3, 0.4) is 0 Å². The van der Waals surface area contributed by atoms with E-state index in [1.54, 1.807) is 0 Å². The van der Waals surface area contributed by atoms with Crippen LogP contribution in [0, 0.1) is 0 Å². The maximum Gasteiger partial charge on any atom is 0.114 e. The minimum absolute atomic E-state index is 0.0437. The van der Waals surface area contributed by atoms with Gasteiger partial charge >= 0.3 is 0 Å². The SMILES string of the molecule is CC1(c2ccc(C3CC3)cc2)CO1. The Bertz CT molecular complexity index is 317. The number of rotatable bonds is 2. The lowest BCUT2D eigenvalue weighted by atomic mass is 9.99. The highest BCUT2D eigenvalue weighted by atomic mass is 16.6. The first-order valence-electron chi connectivity index (χ1n) is 5.02. The van der Waals surface area contributed by atoms with Crippen LogP contribution in [-0.2, 0) is 10.3 Å². The first-order chi connectivity index (χ1) is 6.28. The van der Waals surface area contributed by atoms with Gasteiger partial charge in [0.2, 0.25) is 0 Å². The van der Waals surface area contributed by atoms with Crippen LogP contribution in [0.4, 0.5) is 0 Å². The van der Waals surface area contributed by atoms with Gasteiger partial charge in [-0.15, -0.1) is 0 Å². The fourth-order valence-corrected chi connectivity index (χ4v) is 1.80. The largest absolute Gasteiger partial charge is 0.365 e. The fourth-order valence-electron chi connectivity index (χ4n) is 1.80. The lowest BCUT2D eigenvalue weighted by Crippen LogP contribution is -2.01. The highest BCUT2D eigenvalue weighted by Crippen LogP contribution is 2.42. The van der Waals surface area contributed by atoms with Crippen molar-refractivity contribution >= 4 is 0 Å². The molecule has 1 aromatic carbocycles. The molecule has 1 unspecified atom stereocenters. The summed E-state index contributed by atoms with van der Waals surface area (Å²) in [6, 6.07) is 8.97. The molecule has 1 nitrogen and oxygen atoms in total. The van der Waals surface area contributed by atoms with Crippen molar-refractivity contribution in [1.82, 2.24) is 0 Å². The summed E-state index contributed by atoms with van der Waals surface area (Å²) in [5.41, 5.74) is 2.88. The second kappa shape index (κ2) is 2.36. The molecule has 0 N–H and O–H groups in total. The molecular weight excluding hydrogens is 160 g/mol. The normalized spacial score (nSPS) is 31.8. The molecule has 68 valence electrons. The van der Waals surface area contributed by atoms with Crippen molar-refractivity contribution in [2.75, 3.05) is 6.61 Å². The Balaban J connectivity index is 1.89. The Labute approximate surface area is 78.7 Å². The standard InChI is InChI=1S/C12H14O/c1-12(8-13-12)11-6-4-10(5-7-11)9-2-3-9/h4-7,9H,2-3,8H2,1H3. The molecule has 1 atom stereocenters. The van der Waals surface area contributed by atoms with Gasteiger partial charge in [0.15, 0.2) is 0 Å². The summed E-state index contributed by atoms with van der Waals surface area (Å²) in [6.45, 7) is 3.04. The summed E-state index contributed by atoms with van der Waals surface area (Å²) in [5.74, 6) is 0.863. The molecule has 1 aromatic rings. The van der Waals surface area contributed by atoms with E-state index in [-0.39, 0.29) is 5.60 Å². The van der Waals surface area contributed by atoms with E-state index in [1.165, 1.54) is 24.0 Å². The maximum atomic E-state index is 5.40. The molecular formula is C12H14O. The van der Waals surface area contributed by atoms with Crippen molar-refractivity contribution in [3.8, 4) is 0 Å². The Morgan fingerprint density at radius 1 is 1.23 bits per heavy atom. The summed E-state index contributed by atoms with van der Waals surface area (Å²) in [6.07, 6.45) is 2.76. The number of benzene rings is 1. The second-order valence-electron chi connectivity index (χ2n) is 4.42. The van der Waals surface area contributed by atoms with Crippen LogP contribution in [0.2, 0.25) is 0 Å². The predicted octanol–water partition coefficient (Wildman–Crippen LogP) is 2.81. The molecule has 0 radical (unpaired) electrons. The Morgan fingerprint density at radius 3 is 2.31 bits per heavy atom. The number of hydrogen-bond donors (Lipinski definition) is 0. The maximum absolute atomic E-state index is 5.40. The van der Waals surface area contributed by atoms with Crippen LogP contribution in [0.1, 0.15) is 36.8 Å². The van der Waals surface area contributed by atoms with Gasteiger partial charge in [-0.05, 0) is 36.8 Å². The van der Waals surface area contributed by atoms with Crippen molar-refractivity contribution in [3.63, 3.8) is 0 Å². The first-order valence-corrected chi connectivity index (χ1v) is 5.02. The molecule has 0 bridgehead atoms. The molecule has 2 fully saturated rings. The van der Waals surface area contributed by atoms with Gasteiger partial charge in [0.25, 0.3) is 0 Å². The fraction of sp³-hybridized carbons (Fsp3) is 0.500. The summed E-state index contributed by atoms with van der Waals surface area (Å²) in [5, 5.41) is 0. The van der Waals surface area contributed by atoms with E-state index in [9.17, 15) is 0 Å². The van der Waals surface area contributed by atoms with Gasteiger partial charge in [-0.3, -0.25) is 0 Å². The summed E-state index contributed by atoms with van der Waals surface area (Å²) in [7, 11) is 0. The van der Waals surface area contributed by atoms with E-state index < -0.39 is 0 Å². The molecule has 1 heterocycles. The van der Waals surface area contributed by atoms with Gasteiger partial charge in [-0.25, -0.2) is 0 Å². The average molecular weight is 174 g/mol. The molecule has 2 aliphatic rings. The topological polar surface area (TPSA) is 12.5 Å². The van der Waals surface area contributed by atoms with E-state index >= 15 is 0 Å². The monoisotopic (exact) mass is 174 g/mol. The van der Waals surface area contributed by atoms with E-state index in [0.717, 1.165) is 12.5 Å². The van der Waals surface area contributed by atoms with E-state index in [1.807, 2.05) is 0 Å². The zero-order chi connectivity index (χ0) is 8.89. The van der Waals surface area contributed by atoms with E-state index in [2.05, 4.69) is 31.2 Å². The Morgan fingerprint density at radius 2 is 1.85 bits per heavy atom. The van der Waals surface area contributed by atoms with Crippen LogP contribution in [0.25, 0.3) is 0 Å². The minimum Gasteiger partial charge on any atom is -0.365 e. The summed E-state index contributed by atoms with van der Waals surface area (Å²) in [4.78, 5) is 0. The van der Waals surface area contributed by atoms with Gasteiger partial charge < -0.3 is 4.74 Å². The van der Waals surface area contributed by atoms with Gasteiger partial charge in [0.05, 0.1) is 6.61 Å². The number of ether oxygens (including phenoxy) is 1. The number of epoxide rings is 1. The lowest BCUT2D eigenvalue weighted by molar-refractivity contribution is 0.329. The molecule has 13 heavy (non-hydrogen) atoms. The molecule has 0 aromatic heterocycles.